The van der Waals surface area contributed by atoms with Gasteiger partial charge in [0.2, 0.25) is 5.43 Å². The largest absolute Gasteiger partial charge is 0.394 e. The summed E-state index contributed by atoms with van der Waals surface area (Å²) < 4.78 is 2.02. The maximum absolute atomic E-state index is 11.2. The van der Waals surface area contributed by atoms with Crippen molar-refractivity contribution in [1.82, 2.24) is 4.57 Å². The van der Waals surface area contributed by atoms with Crippen LogP contribution in [-0.4, -0.2) is 4.57 Å². The molecule has 0 unspecified atom stereocenters. The SMILES string of the molecule is CCn1c(C)cc(=O)c(N)c1C. The van der Waals surface area contributed by atoms with Crippen molar-refractivity contribution in [1.29, 1.82) is 0 Å². The third kappa shape index (κ3) is 1.22. The first kappa shape index (κ1) is 8.84. The number of nitrogens with two attached hydrogens (primary N) is 1. The van der Waals surface area contributed by atoms with Crippen LogP contribution in [0.25, 0.3) is 0 Å². The zero-order valence-corrected chi connectivity index (χ0v) is 7.72. The number of anilines is 1. The van der Waals surface area contributed by atoms with Crippen LogP contribution in [0.1, 0.15) is 18.3 Å². The molecule has 0 bridgehead atoms. The molecule has 0 saturated heterocycles. The number of hydrogen-bond acceptors (Lipinski definition) is 2. The number of nitrogens with zero attached hydrogens (tertiary/aromatic N) is 1. The standard InChI is InChI=1S/C9H14N2O/c1-4-11-6(2)5-8(12)9(10)7(11)3/h5H,4,10H2,1-3H3. The Morgan fingerprint density at radius 2 is 2.08 bits per heavy atom. The maximum atomic E-state index is 11.2. The zero-order chi connectivity index (χ0) is 9.30. The van der Waals surface area contributed by atoms with Crippen molar-refractivity contribution >= 4 is 5.69 Å². The Morgan fingerprint density at radius 1 is 1.50 bits per heavy atom. The van der Waals surface area contributed by atoms with Crippen LogP contribution in [0.5, 0.6) is 0 Å². The minimum atomic E-state index is -0.0744. The van der Waals surface area contributed by atoms with Gasteiger partial charge < -0.3 is 10.3 Å². The Kier molecular flexibility index (Phi) is 2.22. The second-order valence-electron chi connectivity index (χ2n) is 2.89. The Morgan fingerprint density at radius 3 is 2.58 bits per heavy atom. The topological polar surface area (TPSA) is 48.0 Å². The van der Waals surface area contributed by atoms with E-state index in [0.29, 0.717) is 5.69 Å². The highest BCUT2D eigenvalue weighted by molar-refractivity contribution is 5.43. The van der Waals surface area contributed by atoms with Gasteiger partial charge in [0.05, 0.1) is 5.69 Å². The number of hydrogen-bond donors (Lipinski definition) is 1. The van der Waals surface area contributed by atoms with Crippen LogP contribution in [0.15, 0.2) is 10.9 Å². The lowest BCUT2D eigenvalue weighted by Gasteiger charge is -2.13. The van der Waals surface area contributed by atoms with Gasteiger partial charge in [-0.2, -0.15) is 0 Å². The van der Waals surface area contributed by atoms with Crippen LogP contribution >= 0.6 is 0 Å². The molecule has 1 rings (SSSR count). The molecule has 3 heteroatoms. The minimum absolute atomic E-state index is 0.0744. The van der Waals surface area contributed by atoms with Crippen molar-refractivity contribution in [2.24, 2.45) is 0 Å². The molecule has 3 nitrogen and oxygen atoms in total. The van der Waals surface area contributed by atoms with Crippen molar-refractivity contribution in [3.05, 3.63) is 27.7 Å². The Balaban J connectivity index is 3.51. The van der Waals surface area contributed by atoms with E-state index in [1.165, 1.54) is 0 Å². The fourth-order valence-corrected chi connectivity index (χ4v) is 1.42. The van der Waals surface area contributed by atoms with Crippen LogP contribution in [0.4, 0.5) is 5.69 Å². The number of nitrogen functional groups attached to an aromatic ring is 1. The minimum Gasteiger partial charge on any atom is -0.394 e. The summed E-state index contributed by atoms with van der Waals surface area (Å²) in [6.07, 6.45) is 0. The summed E-state index contributed by atoms with van der Waals surface area (Å²) in [6, 6.07) is 1.58. The monoisotopic (exact) mass is 166 g/mol. The average molecular weight is 166 g/mol. The lowest BCUT2D eigenvalue weighted by Crippen LogP contribution is -2.17. The number of aromatic nitrogens is 1. The van der Waals surface area contributed by atoms with Gasteiger partial charge in [-0.3, -0.25) is 4.79 Å². The summed E-state index contributed by atoms with van der Waals surface area (Å²) in [7, 11) is 0. The van der Waals surface area contributed by atoms with E-state index in [0.717, 1.165) is 17.9 Å². The van der Waals surface area contributed by atoms with Crippen LogP contribution < -0.4 is 11.2 Å². The van der Waals surface area contributed by atoms with Gasteiger partial charge in [-0.25, -0.2) is 0 Å². The molecule has 0 radical (unpaired) electrons. The lowest BCUT2D eigenvalue weighted by molar-refractivity contribution is 0.702. The third-order valence-corrected chi connectivity index (χ3v) is 2.14. The Labute approximate surface area is 71.8 Å². The highest BCUT2D eigenvalue weighted by Crippen LogP contribution is 2.07. The molecule has 1 heterocycles. The highest BCUT2D eigenvalue weighted by Gasteiger charge is 2.04. The second-order valence-corrected chi connectivity index (χ2v) is 2.89. The van der Waals surface area contributed by atoms with Gasteiger partial charge in [0, 0.05) is 24.0 Å². The molecule has 0 aliphatic heterocycles. The van der Waals surface area contributed by atoms with Gasteiger partial charge in [-0.15, -0.1) is 0 Å². The van der Waals surface area contributed by atoms with E-state index < -0.39 is 0 Å². The molecule has 0 amide bonds. The first-order valence-corrected chi connectivity index (χ1v) is 4.04. The third-order valence-electron chi connectivity index (χ3n) is 2.14. The van der Waals surface area contributed by atoms with Gasteiger partial charge >= 0.3 is 0 Å². The molecule has 1 aromatic rings. The molecule has 0 aliphatic carbocycles. The number of rotatable bonds is 1. The highest BCUT2D eigenvalue weighted by atomic mass is 16.1. The molecule has 12 heavy (non-hydrogen) atoms. The fourth-order valence-electron chi connectivity index (χ4n) is 1.42. The average Bonchev–Trinajstić information content (AvgIpc) is 2.01. The maximum Gasteiger partial charge on any atom is 0.204 e. The van der Waals surface area contributed by atoms with E-state index in [-0.39, 0.29) is 5.43 Å². The predicted octanol–water partition coefficient (Wildman–Crippen LogP) is 1.07. The molecule has 66 valence electrons. The van der Waals surface area contributed by atoms with E-state index in [1.807, 2.05) is 25.3 Å². The molecule has 0 fully saturated rings. The van der Waals surface area contributed by atoms with Gasteiger partial charge in [-0.1, -0.05) is 0 Å². The fraction of sp³-hybridized carbons (Fsp3) is 0.444. The summed E-state index contributed by atoms with van der Waals surface area (Å²) in [5, 5.41) is 0. The second kappa shape index (κ2) is 3.01. The molecule has 0 saturated carbocycles. The van der Waals surface area contributed by atoms with E-state index in [1.54, 1.807) is 6.07 Å². The van der Waals surface area contributed by atoms with Gasteiger partial charge in [0.15, 0.2) is 0 Å². The van der Waals surface area contributed by atoms with Crippen LogP contribution in [0.3, 0.4) is 0 Å². The van der Waals surface area contributed by atoms with Gasteiger partial charge in [0.25, 0.3) is 0 Å². The Bertz CT molecular complexity index is 352. The summed E-state index contributed by atoms with van der Waals surface area (Å²) in [6.45, 7) is 6.66. The summed E-state index contributed by atoms with van der Waals surface area (Å²) >= 11 is 0. The molecule has 0 spiro atoms. The van der Waals surface area contributed by atoms with Crippen molar-refractivity contribution in [2.45, 2.75) is 27.3 Å². The van der Waals surface area contributed by atoms with Crippen LogP contribution in [-0.2, 0) is 6.54 Å². The Hall–Kier alpha value is -1.25. The first-order valence-electron chi connectivity index (χ1n) is 4.04. The van der Waals surface area contributed by atoms with Crippen molar-refractivity contribution < 1.29 is 0 Å². The van der Waals surface area contributed by atoms with E-state index >= 15 is 0 Å². The smallest absolute Gasteiger partial charge is 0.204 e. The van der Waals surface area contributed by atoms with Gasteiger partial charge in [0.1, 0.15) is 0 Å². The van der Waals surface area contributed by atoms with E-state index in [4.69, 9.17) is 5.73 Å². The molecular weight excluding hydrogens is 152 g/mol. The zero-order valence-electron chi connectivity index (χ0n) is 7.72. The number of aryl methyl sites for hydroxylation is 1. The normalized spacial score (nSPS) is 10.2. The lowest BCUT2D eigenvalue weighted by atomic mass is 10.2. The van der Waals surface area contributed by atoms with E-state index in [2.05, 4.69) is 0 Å². The van der Waals surface area contributed by atoms with Crippen LogP contribution in [0.2, 0.25) is 0 Å². The molecule has 2 N–H and O–H groups in total. The summed E-state index contributed by atoms with van der Waals surface area (Å²) in [5.41, 5.74) is 7.71. The molecule has 0 aliphatic rings. The molecule has 1 aromatic heterocycles. The van der Waals surface area contributed by atoms with Gasteiger partial charge in [-0.05, 0) is 20.8 Å². The molecular formula is C9H14N2O. The molecule has 0 aromatic carbocycles. The van der Waals surface area contributed by atoms with Crippen molar-refractivity contribution in [3.63, 3.8) is 0 Å². The quantitative estimate of drug-likeness (QED) is 0.678. The summed E-state index contributed by atoms with van der Waals surface area (Å²) in [5.74, 6) is 0. The molecule has 0 atom stereocenters. The predicted molar refractivity (Wildman–Crippen MR) is 50.3 cm³/mol. The van der Waals surface area contributed by atoms with Crippen LogP contribution in [0, 0.1) is 13.8 Å². The van der Waals surface area contributed by atoms with E-state index in [9.17, 15) is 4.79 Å². The van der Waals surface area contributed by atoms with Crippen molar-refractivity contribution in [2.75, 3.05) is 5.73 Å². The number of pyridine rings is 1. The first-order chi connectivity index (χ1) is 5.57. The summed E-state index contributed by atoms with van der Waals surface area (Å²) in [4.78, 5) is 11.2. The van der Waals surface area contributed by atoms with Crippen molar-refractivity contribution in [3.8, 4) is 0 Å².